The first-order valence-electron chi connectivity index (χ1n) is 9.82. The van der Waals surface area contributed by atoms with Crippen molar-refractivity contribution < 1.29 is 22.7 Å². The number of hydrogen-bond acceptors (Lipinski definition) is 5. The van der Waals surface area contributed by atoms with Crippen molar-refractivity contribution in [2.45, 2.75) is 51.0 Å². The summed E-state index contributed by atoms with van der Waals surface area (Å²) in [6.07, 6.45) is 2.51. The summed E-state index contributed by atoms with van der Waals surface area (Å²) in [5.41, 5.74) is 0.603. The summed E-state index contributed by atoms with van der Waals surface area (Å²) >= 11 is 0. The number of aryl methyl sites for hydroxylation is 1. The van der Waals surface area contributed by atoms with Crippen LogP contribution in [0.25, 0.3) is 0 Å². The Morgan fingerprint density at radius 2 is 1.93 bits per heavy atom. The molecule has 1 atom stereocenters. The number of ether oxygens (including phenoxy) is 1. The highest BCUT2D eigenvalue weighted by Crippen LogP contribution is 2.23. The Kier molecular flexibility index (Phi) is 6.98. The van der Waals surface area contributed by atoms with Crippen LogP contribution in [-0.2, 0) is 14.6 Å². The quantitative estimate of drug-likeness (QED) is 0.741. The zero-order valence-corrected chi connectivity index (χ0v) is 19.0. The maximum absolute atomic E-state index is 13.1. The molecule has 0 N–H and O–H groups in total. The van der Waals surface area contributed by atoms with Gasteiger partial charge in [0.25, 0.3) is 5.91 Å². The van der Waals surface area contributed by atoms with Crippen LogP contribution >= 0.6 is 0 Å². The molecular formula is C21H32N2O5S. The first-order valence-corrected chi connectivity index (χ1v) is 11.7. The minimum Gasteiger partial charge on any atom is -0.444 e. The van der Waals surface area contributed by atoms with E-state index >= 15 is 0 Å². The van der Waals surface area contributed by atoms with Crippen molar-refractivity contribution in [3.63, 3.8) is 0 Å². The Balaban J connectivity index is 2.09. The number of piperidine rings is 1. The number of sulfone groups is 1. The molecule has 1 aromatic carbocycles. The maximum atomic E-state index is 13.1. The summed E-state index contributed by atoms with van der Waals surface area (Å²) < 4.78 is 29.1. The Hall–Kier alpha value is -2.09. The van der Waals surface area contributed by atoms with Crippen LogP contribution in [0.1, 0.15) is 49.5 Å². The van der Waals surface area contributed by atoms with Crippen molar-refractivity contribution in [2.24, 2.45) is 5.92 Å². The predicted octanol–water partition coefficient (Wildman–Crippen LogP) is 3.12. The van der Waals surface area contributed by atoms with Gasteiger partial charge in [0, 0.05) is 38.5 Å². The van der Waals surface area contributed by atoms with Gasteiger partial charge >= 0.3 is 6.09 Å². The van der Waals surface area contributed by atoms with E-state index in [1.54, 1.807) is 29.8 Å². The summed E-state index contributed by atoms with van der Waals surface area (Å²) in [5, 5.41) is 0. The van der Waals surface area contributed by atoms with Crippen LogP contribution in [0.15, 0.2) is 23.1 Å². The SMILES string of the molecule is Cc1ccc(S(C)(=O)=O)cc1C(=O)N1CCCC(CN(C)C(=O)OC(C)(C)C)C1. The maximum Gasteiger partial charge on any atom is 0.410 e. The molecule has 8 heteroatoms. The molecule has 162 valence electrons. The summed E-state index contributed by atoms with van der Waals surface area (Å²) in [4.78, 5) is 28.7. The molecule has 0 bridgehead atoms. The molecule has 1 unspecified atom stereocenters. The van der Waals surface area contributed by atoms with Crippen LogP contribution in [0.2, 0.25) is 0 Å². The van der Waals surface area contributed by atoms with Gasteiger partial charge in [-0.25, -0.2) is 13.2 Å². The molecule has 2 amide bonds. The van der Waals surface area contributed by atoms with E-state index in [2.05, 4.69) is 0 Å². The smallest absolute Gasteiger partial charge is 0.410 e. The molecule has 0 aliphatic carbocycles. The molecule has 29 heavy (non-hydrogen) atoms. The molecule has 1 aliphatic rings. The minimum atomic E-state index is -3.39. The van der Waals surface area contributed by atoms with Crippen molar-refractivity contribution in [3.05, 3.63) is 29.3 Å². The van der Waals surface area contributed by atoms with Gasteiger partial charge in [0.2, 0.25) is 0 Å². The molecule has 0 saturated carbocycles. The van der Waals surface area contributed by atoms with Crippen molar-refractivity contribution in [1.82, 2.24) is 9.80 Å². The van der Waals surface area contributed by atoms with Crippen LogP contribution in [0.3, 0.4) is 0 Å². The number of benzene rings is 1. The number of nitrogens with zero attached hydrogens (tertiary/aromatic N) is 2. The molecule has 1 aliphatic heterocycles. The van der Waals surface area contributed by atoms with Gasteiger partial charge in [0.05, 0.1) is 4.90 Å². The summed E-state index contributed by atoms with van der Waals surface area (Å²) in [6.45, 7) is 8.92. The van der Waals surface area contributed by atoms with Crippen molar-refractivity contribution in [2.75, 3.05) is 32.9 Å². The van der Waals surface area contributed by atoms with E-state index in [4.69, 9.17) is 4.74 Å². The Morgan fingerprint density at radius 3 is 2.52 bits per heavy atom. The Labute approximate surface area is 173 Å². The van der Waals surface area contributed by atoms with E-state index < -0.39 is 15.4 Å². The second kappa shape index (κ2) is 8.73. The molecular weight excluding hydrogens is 392 g/mol. The highest BCUT2D eigenvalue weighted by molar-refractivity contribution is 7.90. The number of carbonyl (C=O) groups is 2. The van der Waals surface area contributed by atoms with Gasteiger partial charge in [0.1, 0.15) is 5.60 Å². The second-order valence-corrected chi connectivity index (χ2v) is 10.9. The average Bonchev–Trinajstić information content (AvgIpc) is 2.59. The summed E-state index contributed by atoms with van der Waals surface area (Å²) in [7, 11) is -1.68. The third kappa shape index (κ3) is 6.45. The van der Waals surface area contributed by atoms with Crippen molar-refractivity contribution in [3.8, 4) is 0 Å². The van der Waals surface area contributed by atoms with Crippen LogP contribution < -0.4 is 0 Å². The third-order valence-corrected chi connectivity index (χ3v) is 6.02. The minimum absolute atomic E-state index is 0.142. The summed E-state index contributed by atoms with van der Waals surface area (Å²) in [5.74, 6) is -0.0266. The monoisotopic (exact) mass is 424 g/mol. The van der Waals surface area contributed by atoms with E-state index in [1.807, 2.05) is 20.8 Å². The lowest BCUT2D eigenvalue weighted by Gasteiger charge is -2.35. The number of carbonyl (C=O) groups excluding carboxylic acids is 2. The average molecular weight is 425 g/mol. The topological polar surface area (TPSA) is 84.0 Å². The van der Waals surface area contributed by atoms with Crippen LogP contribution in [-0.4, -0.2) is 68.8 Å². The van der Waals surface area contributed by atoms with Gasteiger partial charge in [-0.2, -0.15) is 0 Å². The predicted molar refractivity (Wildman–Crippen MR) is 112 cm³/mol. The molecule has 0 spiro atoms. The number of amides is 2. The summed E-state index contributed by atoms with van der Waals surface area (Å²) in [6, 6.07) is 4.65. The zero-order chi connectivity index (χ0) is 22.0. The van der Waals surface area contributed by atoms with E-state index in [1.165, 1.54) is 12.1 Å². The lowest BCUT2D eigenvalue weighted by atomic mass is 9.96. The first-order chi connectivity index (χ1) is 13.3. The highest BCUT2D eigenvalue weighted by Gasteiger charge is 2.28. The van der Waals surface area contributed by atoms with E-state index in [0.29, 0.717) is 25.2 Å². The molecule has 1 saturated heterocycles. The van der Waals surface area contributed by atoms with Gasteiger partial charge in [-0.05, 0) is 64.2 Å². The fraction of sp³-hybridized carbons (Fsp3) is 0.619. The Bertz CT molecular complexity index is 874. The molecule has 1 aromatic rings. The zero-order valence-electron chi connectivity index (χ0n) is 18.2. The first kappa shape index (κ1) is 23.2. The van der Waals surface area contributed by atoms with E-state index in [9.17, 15) is 18.0 Å². The molecule has 7 nitrogen and oxygen atoms in total. The molecule has 2 rings (SSSR count). The van der Waals surface area contributed by atoms with Crippen molar-refractivity contribution >= 4 is 21.8 Å². The van der Waals surface area contributed by atoms with E-state index in [0.717, 1.165) is 24.7 Å². The third-order valence-electron chi connectivity index (χ3n) is 4.91. The Morgan fingerprint density at radius 1 is 1.28 bits per heavy atom. The van der Waals surface area contributed by atoms with Gasteiger partial charge in [-0.3, -0.25) is 4.79 Å². The number of likely N-dealkylation sites (tertiary alicyclic amines) is 1. The fourth-order valence-electron chi connectivity index (χ4n) is 3.43. The fourth-order valence-corrected chi connectivity index (χ4v) is 4.08. The lowest BCUT2D eigenvalue weighted by molar-refractivity contribution is 0.0244. The number of hydrogen-bond donors (Lipinski definition) is 0. The van der Waals surface area contributed by atoms with Gasteiger partial charge in [-0.1, -0.05) is 6.07 Å². The van der Waals surface area contributed by atoms with Gasteiger partial charge in [-0.15, -0.1) is 0 Å². The normalized spacial score (nSPS) is 17.7. The second-order valence-electron chi connectivity index (χ2n) is 8.87. The largest absolute Gasteiger partial charge is 0.444 e. The van der Waals surface area contributed by atoms with Crippen LogP contribution in [0.4, 0.5) is 4.79 Å². The molecule has 1 fully saturated rings. The van der Waals surface area contributed by atoms with Crippen molar-refractivity contribution in [1.29, 1.82) is 0 Å². The van der Waals surface area contributed by atoms with Crippen LogP contribution in [0.5, 0.6) is 0 Å². The van der Waals surface area contributed by atoms with Gasteiger partial charge < -0.3 is 14.5 Å². The standard InChI is InChI=1S/C21H32N2O5S/c1-15-9-10-17(29(6,26)27)12-18(15)19(24)23-11-7-8-16(14-23)13-22(5)20(25)28-21(2,3)4/h9-10,12,16H,7-8,11,13-14H2,1-6H3. The lowest BCUT2D eigenvalue weighted by Crippen LogP contribution is -2.45. The van der Waals surface area contributed by atoms with Crippen LogP contribution in [0, 0.1) is 12.8 Å². The van der Waals surface area contributed by atoms with E-state index in [-0.39, 0.29) is 22.8 Å². The molecule has 0 aromatic heterocycles. The van der Waals surface area contributed by atoms with Gasteiger partial charge in [0.15, 0.2) is 9.84 Å². The molecule has 1 heterocycles. The highest BCUT2D eigenvalue weighted by atomic mass is 32.2. The number of rotatable bonds is 4. The molecule has 0 radical (unpaired) electrons.